The summed E-state index contributed by atoms with van der Waals surface area (Å²) in [4.78, 5) is 38.2. The normalized spacial score (nSPS) is 12.4. The van der Waals surface area contributed by atoms with E-state index >= 15 is 0 Å². The maximum atomic E-state index is 12.5. The van der Waals surface area contributed by atoms with E-state index in [4.69, 9.17) is 27.0 Å². The van der Waals surface area contributed by atoms with Gasteiger partial charge >= 0.3 is 121 Å². The molecule has 4 aromatic rings. The molecule has 0 saturated heterocycles. The summed E-state index contributed by atoms with van der Waals surface area (Å²) in [5, 5.41) is 15.0. The molecule has 0 saturated carbocycles. The molecule has 0 aromatic heterocycles. The van der Waals surface area contributed by atoms with E-state index in [9.17, 15) is 19.5 Å². The number of ether oxygens (including phenoxy) is 2. The number of carboxylic acids is 1. The van der Waals surface area contributed by atoms with Gasteiger partial charge in [-0.1, -0.05) is 97.1 Å². The van der Waals surface area contributed by atoms with Gasteiger partial charge in [0.25, 0.3) is 0 Å². The molecular formula is C38H39K2N3O10S. The standard InChI is InChI=1S/C38H39N3O6.2K.H2O4S/c42-36(43)23-41(21-9-19-39-37(44)46-24-34-30-15-5-1-11-26(30)27-12-2-6-16-31(27)34)22-10-20-40-38(45)47-25-35-32-17-7-3-13-28(32)29-14-4-8-18-33(29)35;;;1-5(2,3)4/h1-8,11-18,34-35H,9-10,19-25H2,(H,39,44)(H,40,45)(H,42,43);;;(H2,1,2,3,4)/q;2*+1;/p-2. The Morgan fingerprint density at radius 1 is 0.611 bits per heavy atom. The second-order valence-corrected chi connectivity index (χ2v) is 13.1. The first-order valence-electron chi connectivity index (χ1n) is 16.8. The minimum absolute atomic E-state index is 0. The van der Waals surface area contributed by atoms with Crippen LogP contribution >= 0.6 is 0 Å². The van der Waals surface area contributed by atoms with E-state index in [1.165, 1.54) is 22.3 Å². The molecule has 2 amide bonds. The van der Waals surface area contributed by atoms with Gasteiger partial charge in [-0.05, 0) is 57.3 Å². The molecule has 0 heterocycles. The summed E-state index contributed by atoms with van der Waals surface area (Å²) in [5.74, 6) is -0.957. The molecule has 0 aliphatic heterocycles. The molecule has 13 nitrogen and oxygen atoms in total. The van der Waals surface area contributed by atoms with Crippen LogP contribution in [-0.4, -0.2) is 91.6 Å². The molecule has 2 aliphatic rings. The van der Waals surface area contributed by atoms with Crippen LogP contribution in [0.2, 0.25) is 0 Å². The van der Waals surface area contributed by atoms with E-state index in [-0.39, 0.29) is 134 Å². The van der Waals surface area contributed by atoms with Gasteiger partial charge in [-0.25, -0.2) is 9.59 Å². The second-order valence-electron chi connectivity index (χ2n) is 12.3. The first-order chi connectivity index (χ1) is 25.0. The fraction of sp³-hybridized carbons (Fsp3) is 0.289. The van der Waals surface area contributed by atoms with Crippen LogP contribution in [0.4, 0.5) is 9.59 Å². The van der Waals surface area contributed by atoms with Crippen molar-refractivity contribution in [3.05, 3.63) is 119 Å². The number of carbonyl (C=O) groups is 3. The van der Waals surface area contributed by atoms with E-state index in [1.807, 2.05) is 48.5 Å². The number of carboxylic acid groups (broad SMARTS) is 1. The summed E-state index contributed by atoms with van der Waals surface area (Å²) < 4.78 is 45.3. The Hall–Kier alpha value is -2.01. The van der Waals surface area contributed by atoms with E-state index in [0.29, 0.717) is 39.0 Å². The minimum atomic E-state index is -5.17. The summed E-state index contributed by atoms with van der Waals surface area (Å²) in [5.41, 5.74) is 9.29. The summed E-state index contributed by atoms with van der Waals surface area (Å²) in [6, 6.07) is 32.7. The molecule has 16 heteroatoms. The number of hydrogen-bond acceptors (Lipinski definition) is 10. The van der Waals surface area contributed by atoms with Gasteiger partial charge in [0.1, 0.15) is 13.2 Å². The van der Waals surface area contributed by atoms with E-state index < -0.39 is 28.6 Å². The van der Waals surface area contributed by atoms with Gasteiger partial charge in [0, 0.05) is 48.4 Å². The number of amides is 2. The zero-order valence-corrected chi connectivity index (χ0v) is 37.3. The predicted octanol–water partition coefficient (Wildman–Crippen LogP) is -1.10. The van der Waals surface area contributed by atoms with Crippen LogP contribution in [0.3, 0.4) is 0 Å². The third-order valence-electron chi connectivity index (χ3n) is 8.89. The fourth-order valence-electron chi connectivity index (χ4n) is 6.75. The molecule has 54 heavy (non-hydrogen) atoms. The SMILES string of the molecule is O=C(O)CN(CCCNC(=O)OCC1c2ccccc2-c2ccccc21)CCCNC(=O)OCC1c2ccccc2-c2ccccc21.O=S(=O)([O-])[O-].[K+].[K+]. The average molecular weight is 808 g/mol. The number of nitrogens with one attached hydrogen (secondary N) is 2. The molecule has 4 aromatic carbocycles. The van der Waals surface area contributed by atoms with E-state index in [0.717, 1.165) is 22.3 Å². The number of alkyl carbamates (subject to hydrolysis) is 2. The maximum absolute atomic E-state index is 12.5. The quantitative estimate of drug-likeness (QED) is 0.0606. The number of carbonyl (C=O) groups excluding carboxylic acids is 2. The number of nitrogens with zero attached hydrogens (tertiary/aromatic N) is 1. The Morgan fingerprint density at radius 3 is 1.20 bits per heavy atom. The Kier molecular flexibility index (Phi) is 19.5. The molecular weight excluding hydrogens is 769 g/mol. The largest absolute Gasteiger partial charge is 1.00 e. The van der Waals surface area contributed by atoms with Crippen molar-refractivity contribution < 1.29 is 149 Å². The molecule has 274 valence electrons. The third-order valence-corrected chi connectivity index (χ3v) is 8.89. The smallest absolute Gasteiger partial charge is 0.759 e. The third kappa shape index (κ3) is 13.6. The van der Waals surface area contributed by atoms with Crippen LogP contribution in [0.5, 0.6) is 0 Å². The van der Waals surface area contributed by atoms with Gasteiger partial charge in [0.15, 0.2) is 0 Å². The number of benzene rings is 4. The molecule has 0 bridgehead atoms. The van der Waals surface area contributed by atoms with Crippen molar-refractivity contribution >= 4 is 28.6 Å². The maximum Gasteiger partial charge on any atom is 1.00 e. The molecule has 0 unspecified atom stereocenters. The second kappa shape index (κ2) is 22.7. The summed E-state index contributed by atoms with van der Waals surface area (Å²) >= 11 is 0. The van der Waals surface area contributed by atoms with Crippen LogP contribution in [0.25, 0.3) is 22.3 Å². The Labute approximate surface area is 400 Å². The topological polar surface area (TPSA) is 197 Å². The zero-order chi connectivity index (χ0) is 37.1. The van der Waals surface area contributed by atoms with Crippen molar-refractivity contribution in [2.45, 2.75) is 24.7 Å². The Balaban J connectivity index is 0.00000105. The number of hydrogen-bond donors (Lipinski definition) is 3. The first kappa shape index (κ1) is 46.4. The molecule has 0 radical (unpaired) electrons. The van der Waals surface area contributed by atoms with Gasteiger partial charge in [0.2, 0.25) is 0 Å². The summed E-state index contributed by atoms with van der Waals surface area (Å²) in [7, 11) is -5.17. The van der Waals surface area contributed by atoms with Gasteiger partial charge in [-0.15, -0.1) is 0 Å². The van der Waals surface area contributed by atoms with E-state index in [2.05, 4.69) is 59.2 Å². The van der Waals surface area contributed by atoms with Gasteiger partial charge in [-0.3, -0.25) is 18.1 Å². The van der Waals surface area contributed by atoms with Crippen LogP contribution in [0, 0.1) is 0 Å². The van der Waals surface area contributed by atoms with Crippen molar-refractivity contribution in [1.29, 1.82) is 0 Å². The van der Waals surface area contributed by atoms with Crippen LogP contribution in [0.1, 0.15) is 46.9 Å². The summed E-state index contributed by atoms with van der Waals surface area (Å²) in [6.45, 7) is 2.00. The van der Waals surface area contributed by atoms with Crippen LogP contribution in [0.15, 0.2) is 97.1 Å². The molecule has 3 N–H and O–H groups in total. The van der Waals surface area contributed by atoms with Crippen molar-refractivity contribution in [3.8, 4) is 22.3 Å². The van der Waals surface area contributed by atoms with Crippen LogP contribution < -0.4 is 113 Å². The predicted molar refractivity (Wildman–Crippen MR) is 190 cm³/mol. The van der Waals surface area contributed by atoms with Gasteiger partial charge < -0.3 is 34.3 Å². The number of fused-ring (bicyclic) bond motifs is 6. The van der Waals surface area contributed by atoms with Crippen LogP contribution in [-0.2, 0) is 24.7 Å². The minimum Gasteiger partial charge on any atom is -0.759 e. The molecule has 2 aliphatic carbocycles. The monoisotopic (exact) mass is 807 g/mol. The number of aliphatic carboxylic acids is 1. The van der Waals surface area contributed by atoms with Crippen molar-refractivity contribution in [1.82, 2.24) is 15.5 Å². The molecule has 0 fully saturated rings. The number of rotatable bonds is 14. The van der Waals surface area contributed by atoms with Gasteiger partial charge in [0.05, 0.1) is 6.54 Å². The Bertz CT molecular complexity index is 1780. The average Bonchev–Trinajstić information content (AvgIpc) is 3.61. The van der Waals surface area contributed by atoms with Gasteiger partial charge in [-0.2, -0.15) is 0 Å². The fourth-order valence-corrected chi connectivity index (χ4v) is 6.75. The van der Waals surface area contributed by atoms with Crippen molar-refractivity contribution in [2.24, 2.45) is 0 Å². The van der Waals surface area contributed by atoms with E-state index in [1.54, 1.807) is 4.90 Å². The van der Waals surface area contributed by atoms with Crippen molar-refractivity contribution in [3.63, 3.8) is 0 Å². The Morgan fingerprint density at radius 2 is 0.907 bits per heavy atom. The summed E-state index contributed by atoms with van der Waals surface area (Å²) in [6.07, 6.45) is 0.113. The molecule has 6 rings (SSSR count). The van der Waals surface area contributed by atoms with Crippen molar-refractivity contribution in [2.75, 3.05) is 45.9 Å². The molecule has 0 atom stereocenters. The first-order valence-corrected chi connectivity index (χ1v) is 18.1. The molecule has 0 spiro atoms. The zero-order valence-electron chi connectivity index (χ0n) is 30.2.